The largest absolute Gasteiger partial charge is 0.399 e. The van der Waals surface area contributed by atoms with Crippen LogP contribution in [0.25, 0.3) is 10.9 Å². The lowest BCUT2D eigenvalue weighted by Crippen LogP contribution is -2.25. The van der Waals surface area contributed by atoms with Crippen molar-refractivity contribution in [2.24, 2.45) is 0 Å². The summed E-state index contributed by atoms with van der Waals surface area (Å²) in [5, 5.41) is 4.00. The fourth-order valence-electron chi connectivity index (χ4n) is 2.37. The van der Waals surface area contributed by atoms with E-state index in [4.69, 9.17) is 5.73 Å². The second-order valence-electron chi connectivity index (χ2n) is 4.99. The number of para-hydroxylation sites is 1. The van der Waals surface area contributed by atoms with Gasteiger partial charge >= 0.3 is 0 Å². The zero-order valence-electron chi connectivity index (χ0n) is 11.6. The lowest BCUT2D eigenvalue weighted by molar-refractivity contribution is 0.0955. The topological polar surface area (TPSA) is 70.9 Å². The number of rotatable bonds is 4. The van der Waals surface area contributed by atoms with Crippen molar-refractivity contribution < 1.29 is 4.79 Å². The van der Waals surface area contributed by atoms with Crippen molar-refractivity contribution in [1.29, 1.82) is 0 Å². The number of nitrogen functional groups attached to an aromatic ring is 1. The number of benzene rings is 2. The zero-order chi connectivity index (χ0) is 14.7. The fourth-order valence-corrected chi connectivity index (χ4v) is 2.37. The van der Waals surface area contributed by atoms with E-state index in [1.165, 1.54) is 0 Å². The molecule has 0 atom stereocenters. The van der Waals surface area contributed by atoms with E-state index >= 15 is 0 Å². The third-order valence-corrected chi connectivity index (χ3v) is 3.51. The van der Waals surface area contributed by atoms with Gasteiger partial charge in [-0.05, 0) is 36.2 Å². The molecule has 4 nitrogen and oxygen atoms in total. The van der Waals surface area contributed by atoms with Crippen LogP contribution in [0.4, 0.5) is 5.69 Å². The Kier molecular flexibility index (Phi) is 3.60. The molecule has 0 fully saturated rings. The molecule has 0 unspecified atom stereocenters. The van der Waals surface area contributed by atoms with Crippen LogP contribution in [0.2, 0.25) is 0 Å². The first kappa shape index (κ1) is 13.2. The first-order valence-electron chi connectivity index (χ1n) is 6.93. The Labute approximate surface area is 123 Å². The van der Waals surface area contributed by atoms with Crippen molar-refractivity contribution in [3.63, 3.8) is 0 Å². The van der Waals surface area contributed by atoms with E-state index < -0.39 is 0 Å². The van der Waals surface area contributed by atoms with E-state index in [1.54, 1.807) is 0 Å². The van der Waals surface area contributed by atoms with E-state index in [-0.39, 0.29) is 5.91 Å². The highest BCUT2D eigenvalue weighted by atomic mass is 16.1. The van der Waals surface area contributed by atoms with Crippen LogP contribution in [-0.4, -0.2) is 17.4 Å². The number of anilines is 1. The molecule has 2 aromatic carbocycles. The molecule has 1 heterocycles. The van der Waals surface area contributed by atoms with Gasteiger partial charge in [0.2, 0.25) is 0 Å². The standard InChI is InChI=1S/C17H17N3O/c18-14-6-4-12(5-7-14)8-10-20-17(21)15-3-1-2-13-9-11-19-16(13)15/h1-7,9,11,19H,8,10,18H2,(H,20,21). The zero-order valence-corrected chi connectivity index (χ0v) is 11.6. The molecule has 1 amide bonds. The summed E-state index contributed by atoms with van der Waals surface area (Å²) in [6, 6.07) is 15.4. The van der Waals surface area contributed by atoms with Gasteiger partial charge in [0.25, 0.3) is 5.91 Å². The van der Waals surface area contributed by atoms with Crippen LogP contribution in [0.5, 0.6) is 0 Å². The van der Waals surface area contributed by atoms with Crippen molar-refractivity contribution in [3.8, 4) is 0 Å². The third-order valence-electron chi connectivity index (χ3n) is 3.51. The van der Waals surface area contributed by atoms with Gasteiger partial charge in [-0.1, -0.05) is 24.3 Å². The molecule has 0 bridgehead atoms. The number of amides is 1. The number of fused-ring (bicyclic) bond motifs is 1. The minimum atomic E-state index is -0.0569. The van der Waals surface area contributed by atoms with Crippen LogP contribution in [0.15, 0.2) is 54.7 Å². The molecule has 106 valence electrons. The lowest BCUT2D eigenvalue weighted by atomic mass is 10.1. The van der Waals surface area contributed by atoms with Crippen LogP contribution in [0.1, 0.15) is 15.9 Å². The second kappa shape index (κ2) is 5.71. The number of nitrogens with two attached hydrogens (primary N) is 1. The van der Waals surface area contributed by atoms with E-state index in [9.17, 15) is 4.79 Å². The van der Waals surface area contributed by atoms with Gasteiger partial charge in [0.05, 0.1) is 11.1 Å². The number of aromatic amines is 1. The number of carbonyl (C=O) groups excluding carboxylic acids is 1. The van der Waals surface area contributed by atoms with E-state index in [0.717, 1.165) is 28.6 Å². The molecular formula is C17H17N3O. The van der Waals surface area contributed by atoms with Crippen molar-refractivity contribution in [3.05, 3.63) is 65.9 Å². The second-order valence-corrected chi connectivity index (χ2v) is 4.99. The SMILES string of the molecule is Nc1ccc(CCNC(=O)c2cccc3cc[nH]c23)cc1. The fraction of sp³-hybridized carbons (Fsp3) is 0.118. The number of nitrogens with one attached hydrogen (secondary N) is 2. The molecule has 0 aliphatic carbocycles. The van der Waals surface area contributed by atoms with E-state index in [2.05, 4.69) is 10.3 Å². The maximum Gasteiger partial charge on any atom is 0.253 e. The molecule has 3 rings (SSSR count). The van der Waals surface area contributed by atoms with Gasteiger partial charge in [0, 0.05) is 23.8 Å². The van der Waals surface area contributed by atoms with Crippen LogP contribution >= 0.6 is 0 Å². The van der Waals surface area contributed by atoms with Crippen LogP contribution in [0, 0.1) is 0 Å². The van der Waals surface area contributed by atoms with Crippen molar-refractivity contribution in [1.82, 2.24) is 10.3 Å². The molecular weight excluding hydrogens is 262 g/mol. The van der Waals surface area contributed by atoms with Gasteiger partial charge in [-0.25, -0.2) is 0 Å². The van der Waals surface area contributed by atoms with E-state index in [0.29, 0.717) is 12.1 Å². The normalized spacial score (nSPS) is 10.7. The number of hydrogen-bond acceptors (Lipinski definition) is 2. The van der Waals surface area contributed by atoms with Gasteiger partial charge in [0.1, 0.15) is 0 Å². The van der Waals surface area contributed by atoms with Crippen LogP contribution in [0.3, 0.4) is 0 Å². The number of carbonyl (C=O) groups is 1. The first-order valence-corrected chi connectivity index (χ1v) is 6.93. The number of aromatic nitrogens is 1. The average molecular weight is 279 g/mol. The molecule has 0 radical (unpaired) electrons. The highest BCUT2D eigenvalue weighted by Crippen LogP contribution is 2.16. The molecule has 0 aliphatic heterocycles. The summed E-state index contributed by atoms with van der Waals surface area (Å²) in [6.07, 6.45) is 2.63. The van der Waals surface area contributed by atoms with Gasteiger partial charge in [-0.2, -0.15) is 0 Å². The van der Waals surface area contributed by atoms with Crippen molar-refractivity contribution in [2.75, 3.05) is 12.3 Å². The van der Waals surface area contributed by atoms with Gasteiger partial charge < -0.3 is 16.0 Å². The Hall–Kier alpha value is -2.75. The smallest absolute Gasteiger partial charge is 0.253 e. The molecule has 0 aliphatic rings. The molecule has 0 spiro atoms. The summed E-state index contributed by atoms with van der Waals surface area (Å²) < 4.78 is 0. The summed E-state index contributed by atoms with van der Waals surface area (Å²) in [7, 11) is 0. The lowest BCUT2D eigenvalue weighted by Gasteiger charge is -2.07. The van der Waals surface area contributed by atoms with Crippen molar-refractivity contribution >= 4 is 22.5 Å². The maximum absolute atomic E-state index is 12.2. The predicted molar refractivity (Wildman–Crippen MR) is 85.2 cm³/mol. The van der Waals surface area contributed by atoms with Gasteiger partial charge in [-0.15, -0.1) is 0 Å². The Bertz CT molecular complexity index is 759. The third kappa shape index (κ3) is 2.89. The Morgan fingerprint density at radius 1 is 1.10 bits per heavy atom. The molecule has 4 heteroatoms. The molecule has 0 saturated heterocycles. The van der Waals surface area contributed by atoms with Crippen LogP contribution < -0.4 is 11.1 Å². The minimum absolute atomic E-state index is 0.0569. The Morgan fingerprint density at radius 2 is 1.90 bits per heavy atom. The molecule has 1 aromatic heterocycles. The van der Waals surface area contributed by atoms with Crippen molar-refractivity contribution in [2.45, 2.75) is 6.42 Å². The van der Waals surface area contributed by atoms with Gasteiger partial charge in [-0.3, -0.25) is 4.79 Å². The average Bonchev–Trinajstić information content (AvgIpc) is 2.97. The summed E-state index contributed by atoms with van der Waals surface area (Å²) in [5.41, 5.74) is 9.11. The monoisotopic (exact) mass is 279 g/mol. The molecule has 3 aromatic rings. The number of H-pyrrole nitrogens is 1. The summed E-state index contributed by atoms with van der Waals surface area (Å²) in [5.74, 6) is -0.0569. The maximum atomic E-state index is 12.2. The number of hydrogen-bond donors (Lipinski definition) is 3. The summed E-state index contributed by atoms with van der Waals surface area (Å²) in [4.78, 5) is 15.4. The Morgan fingerprint density at radius 3 is 2.71 bits per heavy atom. The summed E-state index contributed by atoms with van der Waals surface area (Å²) >= 11 is 0. The van der Waals surface area contributed by atoms with E-state index in [1.807, 2.05) is 54.7 Å². The van der Waals surface area contributed by atoms with Gasteiger partial charge in [0.15, 0.2) is 0 Å². The highest BCUT2D eigenvalue weighted by molar-refractivity contribution is 6.05. The minimum Gasteiger partial charge on any atom is -0.399 e. The van der Waals surface area contributed by atoms with Crippen LogP contribution in [-0.2, 0) is 6.42 Å². The highest BCUT2D eigenvalue weighted by Gasteiger charge is 2.09. The first-order chi connectivity index (χ1) is 10.2. The molecule has 4 N–H and O–H groups in total. The quantitative estimate of drug-likeness (QED) is 0.643. The molecule has 0 saturated carbocycles. The Balaban J connectivity index is 1.64. The predicted octanol–water partition coefficient (Wildman–Crippen LogP) is 2.72. The molecule has 21 heavy (non-hydrogen) atoms. The summed E-state index contributed by atoms with van der Waals surface area (Å²) in [6.45, 7) is 0.597.